The van der Waals surface area contributed by atoms with Gasteiger partial charge in [-0.15, -0.1) is 0 Å². The monoisotopic (exact) mass is 374 g/mol. The number of carbonyl (C=O) groups excluding carboxylic acids is 1. The molecule has 2 aromatic rings. The van der Waals surface area contributed by atoms with Crippen molar-refractivity contribution < 1.29 is 13.9 Å². The number of nitrogens with zero attached hydrogens (tertiary/aromatic N) is 1. The fraction of sp³-hybridized carbons (Fsp3) is 0.0667. The van der Waals surface area contributed by atoms with Crippen molar-refractivity contribution in [3.63, 3.8) is 0 Å². The van der Waals surface area contributed by atoms with E-state index in [9.17, 15) is 9.18 Å². The Morgan fingerprint density at radius 1 is 1.22 bits per heavy atom. The maximum Gasteiger partial charge on any atom is 0.277 e. The quantitative estimate of drug-likeness (QED) is 0.625. The Bertz CT molecular complexity index is 733. The molecule has 0 aromatic heterocycles. The summed E-state index contributed by atoms with van der Waals surface area (Å²) in [6, 6.07) is 8.84. The maximum absolute atomic E-state index is 13.5. The molecule has 0 unspecified atom stereocenters. The Morgan fingerprint density at radius 3 is 2.70 bits per heavy atom. The molecule has 0 atom stereocenters. The van der Waals surface area contributed by atoms with E-state index < -0.39 is 11.7 Å². The lowest BCUT2D eigenvalue weighted by Crippen LogP contribution is -2.24. The van der Waals surface area contributed by atoms with Crippen molar-refractivity contribution in [3.8, 4) is 5.75 Å². The van der Waals surface area contributed by atoms with Crippen molar-refractivity contribution in [1.82, 2.24) is 5.43 Å². The fourth-order valence-electron chi connectivity index (χ4n) is 1.57. The highest BCUT2D eigenvalue weighted by molar-refractivity contribution is 6.35. The van der Waals surface area contributed by atoms with Crippen molar-refractivity contribution in [3.05, 3.63) is 62.8 Å². The van der Waals surface area contributed by atoms with Crippen LogP contribution in [-0.2, 0) is 4.79 Å². The summed E-state index contributed by atoms with van der Waals surface area (Å²) in [5.41, 5.74) is 2.28. The summed E-state index contributed by atoms with van der Waals surface area (Å²) in [5.74, 6) is -0.772. The molecule has 8 heteroatoms. The highest BCUT2D eigenvalue weighted by atomic mass is 35.5. The van der Waals surface area contributed by atoms with E-state index in [1.807, 2.05) is 0 Å². The molecule has 23 heavy (non-hydrogen) atoms. The second kappa shape index (κ2) is 8.15. The van der Waals surface area contributed by atoms with Crippen LogP contribution in [0, 0.1) is 5.82 Å². The number of hydrogen-bond acceptors (Lipinski definition) is 3. The first kappa shape index (κ1) is 17.5. The number of ether oxygens (including phenoxy) is 1. The molecule has 0 aliphatic carbocycles. The van der Waals surface area contributed by atoms with E-state index >= 15 is 0 Å². The number of benzene rings is 2. The van der Waals surface area contributed by atoms with Crippen molar-refractivity contribution in [2.24, 2.45) is 5.10 Å². The van der Waals surface area contributed by atoms with Crippen LogP contribution in [0.3, 0.4) is 0 Å². The molecule has 0 heterocycles. The zero-order chi connectivity index (χ0) is 16.8. The first-order chi connectivity index (χ1) is 11.0. The molecule has 120 valence electrons. The van der Waals surface area contributed by atoms with Crippen LogP contribution in [0.1, 0.15) is 5.56 Å². The Labute approximate surface area is 146 Å². The normalized spacial score (nSPS) is 10.8. The van der Waals surface area contributed by atoms with Gasteiger partial charge in [-0.25, -0.2) is 9.82 Å². The molecule has 0 spiro atoms. The molecule has 1 N–H and O–H groups in total. The van der Waals surface area contributed by atoms with Crippen LogP contribution in [0.2, 0.25) is 15.1 Å². The Kier molecular flexibility index (Phi) is 6.21. The molecule has 4 nitrogen and oxygen atoms in total. The van der Waals surface area contributed by atoms with Crippen molar-refractivity contribution in [2.45, 2.75) is 0 Å². The average Bonchev–Trinajstić information content (AvgIpc) is 2.49. The summed E-state index contributed by atoms with van der Waals surface area (Å²) >= 11 is 17.5. The molecule has 1 amide bonds. The van der Waals surface area contributed by atoms with Gasteiger partial charge in [0.2, 0.25) is 0 Å². The van der Waals surface area contributed by atoms with Crippen LogP contribution in [0.15, 0.2) is 41.5 Å². The standard InChI is InChI=1S/C15H10Cl3FN2O2/c16-9-4-5-14(12(18)6-9)23-8-15(22)21-20-7-10-11(17)2-1-3-13(10)19/h1-7H,8H2,(H,21,22)/b20-7-. The zero-order valence-corrected chi connectivity index (χ0v) is 13.8. The largest absolute Gasteiger partial charge is 0.482 e. The van der Waals surface area contributed by atoms with E-state index in [-0.39, 0.29) is 22.2 Å². The van der Waals surface area contributed by atoms with Gasteiger partial charge in [0.05, 0.1) is 16.3 Å². The lowest BCUT2D eigenvalue weighted by Gasteiger charge is -2.07. The number of rotatable bonds is 5. The molecule has 0 saturated carbocycles. The number of carbonyl (C=O) groups is 1. The Morgan fingerprint density at radius 2 is 2.00 bits per heavy atom. The van der Waals surface area contributed by atoms with E-state index in [4.69, 9.17) is 39.5 Å². The van der Waals surface area contributed by atoms with E-state index in [0.717, 1.165) is 6.21 Å². The third-order valence-electron chi connectivity index (χ3n) is 2.64. The number of hydrogen-bond donors (Lipinski definition) is 1. The van der Waals surface area contributed by atoms with Crippen molar-refractivity contribution in [2.75, 3.05) is 6.61 Å². The molecular formula is C15H10Cl3FN2O2. The van der Waals surface area contributed by atoms with Crippen LogP contribution < -0.4 is 10.2 Å². The first-order valence-electron chi connectivity index (χ1n) is 6.31. The van der Waals surface area contributed by atoms with Gasteiger partial charge in [-0.2, -0.15) is 5.10 Å². The van der Waals surface area contributed by atoms with Gasteiger partial charge in [-0.1, -0.05) is 40.9 Å². The minimum atomic E-state index is -0.542. The van der Waals surface area contributed by atoms with Gasteiger partial charge in [0.25, 0.3) is 5.91 Å². The number of nitrogens with one attached hydrogen (secondary N) is 1. The third-order valence-corrected chi connectivity index (χ3v) is 3.50. The highest BCUT2D eigenvalue weighted by Crippen LogP contribution is 2.27. The van der Waals surface area contributed by atoms with Crippen molar-refractivity contribution in [1.29, 1.82) is 0 Å². The van der Waals surface area contributed by atoms with Crippen LogP contribution in [0.25, 0.3) is 0 Å². The van der Waals surface area contributed by atoms with Gasteiger partial charge >= 0.3 is 0 Å². The summed E-state index contributed by atoms with van der Waals surface area (Å²) in [6.45, 7) is -0.316. The summed E-state index contributed by atoms with van der Waals surface area (Å²) in [6.07, 6.45) is 1.12. The van der Waals surface area contributed by atoms with Crippen LogP contribution >= 0.6 is 34.8 Å². The lowest BCUT2D eigenvalue weighted by atomic mass is 10.2. The van der Waals surface area contributed by atoms with Gasteiger partial charge in [0, 0.05) is 10.6 Å². The molecule has 0 aliphatic rings. The van der Waals surface area contributed by atoms with E-state index in [1.165, 1.54) is 24.3 Å². The highest BCUT2D eigenvalue weighted by Gasteiger charge is 2.07. The summed E-state index contributed by atoms with van der Waals surface area (Å²) in [4.78, 5) is 11.6. The molecule has 0 aliphatic heterocycles. The van der Waals surface area contributed by atoms with E-state index in [1.54, 1.807) is 12.1 Å². The average molecular weight is 376 g/mol. The summed E-state index contributed by atoms with van der Waals surface area (Å²) < 4.78 is 18.7. The summed E-state index contributed by atoms with van der Waals surface area (Å²) in [5, 5.41) is 4.56. The zero-order valence-electron chi connectivity index (χ0n) is 11.5. The maximum atomic E-state index is 13.5. The van der Waals surface area contributed by atoms with E-state index in [0.29, 0.717) is 10.8 Å². The van der Waals surface area contributed by atoms with Crippen LogP contribution in [0.4, 0.5) is 4.39 Å². The third kappa shape index (κ3) is 5.10. The Hall–Kier alpha value is -1.82. The predicted octanol–water partition coefficient (Wildman–Crippen LogP) is 4.32. The molecular weight excluding hydrogens is 366 g/mol. The first-order valence-corrected chi connectivity index (χ1v) is 7.44. The minimum Gasteiger partial charge on any atom is -0.482 e. The number of amides is 1. The SMILES string of the molecule is O=C(COc1ccc(Cl)cc1Cl)N/N=C\c1c(F)cccc1Cl. The molecule has 2 aromatic carbocycles. The number of hydrazone groups is 1. The lowest BCUT2D eigenvalue weighted by molar-refractivity contribution is -0.123. The smallest absolute Gasteiger partial charge is 0.277 e. The molecule has 2 rings (SSSR count). The molecule has 0 bridgehead atoms. The summed E-state index contributed by atoms with van der Waals surface area (Å²) in [7, 11) is 0. The van der Waals surface area contributed by atoms with E-state index in [2.05, 4.69) is 10.5 Å². The Balaban J connectivity index is 1.89. The molecule has 0 saturated heterocycles. The van der Waals surface area contributed by atoms with Gasteiger partial charge in [0.15, 0.2) is 6.61 Å². The second-order valence-corrected chi connectivity index (χ2v) is 5.54. The topological polar surface area (TPSA) is 50.7 Å². The van der Waals surface area contributed by atoms with Gasteiger partial charge < -0.3 is 4.74 Å². The van der Waals surface area contributed by atoms with Crippen molar-refractivity contribution >= 4 is 46.9 Å². The van der Waals surface area contributed by atoms with Gasteiger partial charge in [-0.3, -0.25) is 4.79 Å². The molecule has 0 fully saturated rings. The predicted molar refractivity (Wildman–Crippen MR) is 89.1 cm³/mol. The van der Waals surface area contributed by atoms with Gasteiger partial charge in [-0.05, 0) is 30.3 Å². The van der Waals surface area contributed by atoms with Crippen LogP contribution in [-0.4, -0.2) is 18.7 Å². The second-order valence-electron chi connectivity index (χ2n) is 4.29. The number of halogens is 4. The van der Waals surface area contributed by atoms with Crippen LogP contribution in [0.5, 0.6) is 5.75 Å². The van der Waals surface area contributed by atoms with Gasteiger partial charge in [0.1, 0.15) is 11.6 Å². The molecule has 0 radical (unpaired) electrons. The fourth-order valence-corrected chi connectivity index (χ4v) is 2.25. The minimum absolute atomic E-state index is 0.0798.